The number of hydrogen-bond acceptors (Lipinski definition) is 6. The molecule has 0 aromatic carbocycles. The molecule has 0 aliphatic rings. The quantitative estimate of drug-likeness (QED) is 0.309. The van der Waals surface area contributed by atoms with Crippen LogP contribution in [-0.2, 0) is 16.1 Å². The van der Waals surface area contributed by atoms with Gasteiger partial charge in [-0.2, -0.15) is 0 Å². The second kappa shape index (κ2) is 7.32. The van der Waals surface area contributed by atoms with Gasteiger partial charge in [0.05, 0.1) is 25.8 Å². The number of nitrogens with zero attached hydrogens (tertiary/aromatic N) is 2. The lowest BCUT2D eigenvalue weighted by Crippen LogP contribution is -2.30. The van der Waals surface area contributed by atoms with Gasteiger partial charge < -0.3 is 9.15 Å². The summed E-state index contributed by atoms with van der Waals surface area (Å²) in [5.41, 5.74) is 0. The van der Waals surface area contributed by atoms with E-state index >= 15 is 0 Å². The molecule has 0 fully saturated rings. The fourth-order valence-electron chi connectivity index (χ4n) is 1.53. The molecule has 0 saturated carbocycles. The number of esters is 1. The van der Waals surface area contributed by atoms with Crippen molar-refractivity contribution >= 4 is 11.9 Å². The van der Waals surface area contributed by atoms with Crippen molar-refractivity contribution in [3.63, 3.8) is 0 Å². The molecule has 0 amide bonds. The Bertz CT molecular complexity index is 455. The Kier molecular flexibility index (Phi) is 5.74. The third-order valence-corrected chi connectivity index (χ3v) is 2.25. The first-order valence-corrected chi connectivity index (χ1v) is 5.78. The third-order valence-electron chi connectivity index (χ3n) is 2.25. The highest BCUT2D eigenvalue weighted by Crippen LogP contribution is 2.17. The average Bonchev–Trinajstić information content (AvgIpc) is 2.78. The van der Waals surface area contributed by atoms with Gasteiger partial charge in [0.15, 0.2) is 0 Å². The average molecular weight is 268 g/mol. The summed E-state index contributed by atoms with van der Waals surface area (Å²) < 4.78 is 9.88. The SMILES string of the molecule is C=CCN(CC(=O)OCC)Cc1ccc([N+](=O)[O-])o1. The third kappa shape index (κ3) is 4.92. The fourth-order valence-corrected chi connectivity index (χ4v) is 1.53. The number of nitro groups is 1. The van der Waals surface area contributed by atoms with Crippen LogP contribution >= 0.6 is 0 Å². The molecule has 0 spiro atoms. The predicted octanol–water partition coefficient (Wildman–Crippen LogP) is 1.74. The van der Waals surface area contributed by atoms with Crippen molar-refractivity contribution in [1.29, 1.82) is 0 Å². The van der Waals surface area contributed by atoms with Crippen LogP contribution in [0, 0.1) is 10.1 Å². The summed E-state index contributed by atoms with van der Waals surface area (Å²) in [5, 5.41) is 10.5. The molecule has 104 valence electrons. The van der Waals surface area contributed by atoms with E-state index in [0.29, 0.717) is 18.9 Å². The Morgan fingerprint density at radius 2 is 2.37 bits per heavy atom. The summed E-state index contributed by atoms with van der Waals surface area (Å²) in [6.45, 7) is 6.44. The standard InChI is InChI=1S/C12H16N2O5/c1-3-7-13(9-12(15)18-4-2)8-10-5-6-11(19-10)14(16)17/h3,5-6H,1,4,7-9H2,2H3. The first-order valence-electron chi connectivity index (χ1n) is 5.78. The van der Waals surface area contributed by atoms with E-state index in [0.717, 1.165) is 0 Å². The first kappa shape index (κ1) is 14.9. The number of carbonyl (C=O) groups is 1. The van der Waals surface area contributed by atoms with Crippen LogP contribution < -0.4 is 0 Å². The molecule has 0 saturated heterocycles. The van der Waals surface area contributed by atoms with Crippen molar-refractivity contribution in [1.82, 2.24) is 4.90 Å². The normalized spacial score (nSPS) is 10.4. The molecule has 0 aliphatic heterocycles. The van der Waals surface area contributed by atoms with Crippen LogP contribution in [0.2, 0.25) is 0 Å². The number of rotatable bonds is 8. The minimum Gasteiger partial charge on any atom is -0.465 e. The van der Waals surface area contributed by atoms with Gasteiger partial charge in [-0.3, -0.25) is 19.8 Å². The lowest BCUT2D eigenvalue weighted by molar-refractivity contribution is -0.402. The molecule has 1 heterocycles. The highest BCUT2D eigenvalue weighted by Gasteiger charge is 2.16. The van der Waals surface area contributed by atoms with Crippen LogP contribution in [0.3, 0.4) is 0 Å². The molecule has 0 aliphatic carbocycles. The zero-order chi connectivity index (χ0) is 14.3. The van der Waals surface area contributed by atoms with Gasteiger partial charge in [0, 0.05) is 6.54 Å². The second-order valence-corrected chi connectivity index (χ2v) is 3.76. The van der Waals surface area contributed by atoms with Gasteiger partial charge in [-0.15, -0.1) is 6.58 Å². The molecule has 7 nitrogen and oxygen atoms in total. The topological polar surface area (TPSA) is 85.8 Å². The van der Waals surface area contributed by atoms with E-state index in [4.69, 9.17) is 9.15 Å². The van der Waals surface area contributed by atoms with E-state index in [1.165, 1.54) is 12.1 Å². The lowest BCUT2D eigenvalue weighted by atomic mass is 10.3. The highest BCUT2D eigenvalue weighted by atomic mass is 16.6. The number of furan rings is 1. The second-order valence-electron chi connectivity index (χ2n) is 3.76. The maximum Gasteiger partial charge on any atom is 0.433 e. The van der Waals surface area contributed by atoms with Gasteiger partial charge in [0.2, 0.25) is 0 Å². The van der Waals surface area contributed by atoms with E-state index in [2.05, 4.69) is 6.58 Å². The summed E-state index contributed by atoms with van der Waals surface area (Å²) in [6, 6.07) is 2.80. The molecule has 1 aromatic heterocycles. The van der Waals surface area contributed by atoms with Gasteiger partial charge in [0.1, 0.15) is 10.7 Å². The number of carbonyl (C=O) groups excluding carboxylic acids is 1. The Morgan fingerprint density at radius 3 is 2.89 bits per heavy atom. The van der Waals surface area contributed by atoms with E-state index in [1.807, 2.05) is 0 Å². The van der Waals surface area contributed by atoms with E-state index in [-0.39, 0.29) is 24.9 Å². The van der Waals surface area contributed by atoms with Gasteiger partial charge in [-0.1, -0.05) is 6.08 Å². The molecule has 1 aromatic rings. The summed E-state index contributed by atoms with van der Waals surface area (Å²) in [5.74, 6) is -0.257. The maximum absolute atomic E-state index is 11.4. The number of ether oxygens (including phenoxy) is 1. The van der Waals surface area contributed by atoms with Gasteiger partial charge in [-0.05, 0) is 13.0 Å². The van der Waals surface area contributed by atoms with Crippen molar-refractivity contribution in [3.8, 4) is 0 Å². The monoisotopic (exact) mass is 268 g/mol. The van der Waals surface area contributed by atoms with Crippen molar-refractivity contribution in [2.24, 2.45) is 0 Å². The Hall–Kier alpha value is -2.15. The maximum atomic E-state index is 11.4. The van der Waals surface area contributed by atoms with E-state index < -0.39 is 4.92 Å². The molecule has 0 N–H and O–H groups in total. The lowest BCUT2D eigenvalue weighted by Gasteiger charge is -2.17. The summed E-state index contributed by atoms with van der Waals surface area (Å²) in [6.07, 6.45) is 1.64. The molecular weight excluding hydrogens is 252 g/mol. The molecular formula is C12H16N2O5. The predicted molar refractivity (Wildman–Crippen MR) is 67.5 cm³/mol. The summed E-state index contributed by atoms with van der Waals surface area (Å²) in [7, 11) is 0. The smallest absolute Gasteiger partial charge is 0.433 e. The van der Waals surface area contributed by atoms with Crippen LogP contribution in [0.4, 0.5) is 5.88 Å². The molecule has 19 heavy (non-hydrogen) atoms. The van der Waals surface area contributed by atoms with Gasteiger partial charge in [-0.25, -0.2) is 0 Å². The Morgan fingerprint density at radius 1 is 1.63 bits per heavy atom. The van der Waals surface area contributed by atoms with E-state index in [9.17, 15) is 14.9 Å². The van der Waals surface area contributed by atoms with E-state index in [1.54, 1.807) is 17.9 Å². The van der Waals surface area contributed by atoms with Crippen LogP contribution in [0.25, 0.3) is 0 Å². The van der Waals surface area contributed by atoms with Crippen LogP contribution in [-0.4, -0.2) is 35.5 Å². The minimum absolute atomic E-state index is 0.0777. The van der Waals surface area contributed by atoms with Crippen molar-refractivity contribution in [2.75, 3.05) is 19.7 Å². The largest absolute Gasteiger partial charge is 0.465 e. The zero-order valence-corrected chi connectivity index (χ0v) is 10.7. The summed E-state index contributed by atoms with van der Waals surface area (Å²) in [4.78, 5) is 23.0. The highest BCUT2D eigenvalue weighted by molar-refractivity contribution is 5.71. The van der Waals surface area contributed by atoms with Crippen molar-refractivity contribution in [3.05, 3.63) is 40.7 Å². The first-order chi connectivity index (χ1) is 9.06. The van der Waals surface area contributed by atoms with Crippen LogP contribution in [0.5, 0.6) is 0 Å². The van der Waals surface area contributed by atoms with Crippen molar-refractivity contribution < 1.29 is 18.9 Å². The van der Waals surface area contributed by atoms with Gasteiger partial charge >= 0.3 is 11.9 Å². The zero-order valence-electron chi connectivity index (χ0n) is 10.7. The molecule has 0 atom stereocenters. The van der Waals surface area contributed by atoms with Crippen molar-refractivity contribution in [2.45, 2.75) is 13.5 Å². The van der Waals surface area contributed by atoms with Crippen LogP contribution in [0.15, 0.2) is 29.2 Å². The molecule has 0 unspecified atom stereocenters. The number of hydrogen-bond donors (Lipinski definition) is 0. The van der Waals surface area contributed by atoms with Crippen LogP contribution in [0.1, 0.15) is 12.7 Å². The fraction of sp³-hybridized carbons (Fsp3) is 0.417. The van der Waals surface area contributed by atoms with Gasteiger partial charge in [0.25, 0.3) is 0 Å². The molecule has 0 radical (unpaired) electrons. The molecule has 1 rings (SSSR count). The molecule has 0 bridgehead atoms. The minimum atomic E-state index is -0.604. The Labute approximate surface area is 110 Å². The molecule has 7 heteroatoms. The summed E-state index contributed by atoms with van der Waals surface area (Å²) >= 11 is 0. The Balaban J connectivity index is 2.63.